The largest absolute Gasteiger partial charge is 0.479 e. The van der Waals surface area contributed by atoms with Crippen LogP contribution in [-0.2, 0) is 28.9 Å². The van der Waals surface area contributed by atoms with Crippen molar-refractivity contribution in [1.82, 2.24) is 15.6 Å². The monoisotopic (exact) mass is 533 g/mol. The second-order valence-electron chi connectivity index (χ2n) is 9.60. The maximum Gasteiger partial charge on any atom is 0.329 e. The van der Waals surface area contributed by atoms with Crippen LogP contribution in [0.2, 0.25) is 10.0 Å². The number of fused-ring (bicyclic) bond motifs is 3. The minimum atomic E-state index is -1.47. The number of aliphatic carboxylic acids is 1. The van der Waals surface area contributed by atoms with Crippen LogP contribution in [0, 0.1) is 11.7 Å². The summed E-state index contributed by atoms with van der Waals surface area (Å²) in [5, 5.41) is 18.1. The highest BCUT2D eigenvalue weighted by Gasteiger charge is 2.45. The van der Waals surface area contributed by atoms with Gasteiger partial charge in [-0.2, -0.15) is 0 Å². The molecule has 1 aliphatic rings. The van der Waals surface area contributed by atoms with Crippen LogP contribution in [0.25, 0.3) is 10.9 Å². The van der Waals surface area contributed by atoms with Crippen LogP contribution >= 0.6 is 23.2 Å². The van der Waals surface area contributed by atoms with Crippen molar-refractivity contribution < 1.29 is 19.1 Å². The summed E-state index contributed by atoms with van der Waals surface area (Å²) in [6.45, 7) is 4.30. The minimum Gasteiger partial charge on any atom is -0.479 e. The summed E-state index contributed by atoms with van der Waals surface area (Å²) in [6.07, 6.45) is 1.93. The van der Waals surface area contributed by atoms with Crippen molar-refractivity contribution in [2.75, 3.05) is 6.54 Å². The predicted molar refractivity (Wildman–Crippen MR) is 140 cm³/mol. The molecule has 1 heterocycles. The molecule has 1 aromatic heterocycles. The molecule has 192 valence electrons. The predicted octanol–water partition coefficient (Wildman–Crippen LogP) is 5.29. The van der Waals surface area contributed by atoms with Gasteiger partial charge in [-0.1, -0.05) is 61.7 Å². The second kappa shape index (κ2) is 10.8. The van der Waals surface area contributed by atoms with Crippen LogP contribution in [0.5, 0.6) is 0 Å². The van der Waals surface area contributed by atoms with E-state index < -0.39 is 17.6 Å². The first-order valence-electron chi connectivity index (χ1n) is 12.2. The third-order valence-electron chi connectivity index (χ3n) is 7.28. The molecule has 4 rings (SSSR count). The van der Waals surface area contributed by atoms with Gasteiger partial charge in [-0.15, -0.1) is 0 Å². The fourth-order valence-corrected chi connectivity index (χ4v) is 5.52. The number of nitrogens with one attached hydrogen (secondary N) is 3. The summed E-state index contributed by atoms with van der Waals surface area (Å²) in [6, 6.07) is 9.33. The molecule has 9 heteroatoms. The average Bonchev–Trinajstić information content (AvgIpc) is 3.20. The molecule has 0 saturated heterocycles. The van der Waals surface area contributed by atoms with E-state index in [1.807, 2.05) is 13.8 Å². The highest BCUT2D eigenvalue weighted by molar-refractivity contribution is 6.38. The fourth-order valence-electron chi connectivity index (χ4n) is 4.98. The molecular weight excluding hydrogens is 504 g/mol. The van der Waals surface area contributed by atoms with Crippen molar-refractivity contribution in [2.24, 2.45) is 5.92 Å². The molecule has 0 aliphatic heterocycles. The van der Waals surface area contributed by atoms with Crippen molar-refractivity contribution >= 4 is 46.0 Å². The van der Waals surface area contributed by atoms with E-state index in [4.69, 9.17) is 23.2 Å². The Morgan fingerprint density at radius 1 is 1.25 bits per heavy atom. The number of carboxylic acids is 1. The molecule has 6 nitrogen and oxygen atoms in total. The third kappa shape index (κ3) is 5.24. The van der Waals surface area contributed by atoms with Crippen molar-refractivity contribution in [3.8, 4) is 0 Å². The number of benzene rings is 2. The first-order chi connectivity index (χ1) is 17.1. The Bertz CT molecular complexity index is 1290. The molecule has 3 aromatic rings. The zero-order valence-corrected chi connectivity index (χ0v) is 21.8. The number of carboxylic acid groups (broad SMARTS) is 1. The van der Waals surface area contributed by atoms with Gasteiger partial charge in [-0.05, 0) is 54.5 Å². The molecule has 0 spiro atoms. The Morgan fingerprint density at radius 3 is 2.69 bits per heavy atom. The minimum absolute atomic E-state index is 0.0543. The van der Waals surface area contributed by atoms with Crippen molar-refractivity contribution in [3.05, 3.63) is 69.1 Å². The quantitative estimate of drug-likeness (QED) is 0.300. The van der Waals surface area contributed by atoms with Crippen LogP contribution in [-0.4, -0.2) is 40.1 Å². The Morgan fingerprint density at radius 2 is 2.00 bits per heavy atom. The molecule has 1 amide bonds. The molecule has 2 unspecified atom stereocenters. The second-order valence-corrected chi connectivity index (χ2v) is 10.4. The normalized spacial score (nSPS) is 19.0. The Hall–Kier alpha value is -2.61. The van der Waals surface area contributed by atoms with Gasteiger partial charge in [0.05, 0.1) is 16.6 Å². The lowest BCUT2D eigenvalue weighted by molar-refractivity contribution is -0.148. The van der Waals surface area contributed by atoms with E-state index in [1.54, 1.807) is 30.3 Å². The standard InChI is InChI=1S/C27H30Cl2FN3O3/c1-3-15(2)23(31-11-9-16-6-4-5-7-21(16)30)25(34)33-27(26(35)36)10-8-22-19(14-27)18-12-17(28)13-20(29)24(18)32-22/h4-7,12-13,15,23,31-32H,3,8-11,14H2,1-2H3,(H,33,34)(H,35,36)/t15?,23?,27-/m1/s1. The van der Waals surface area contributed by atoms with E-state index >= 15 is 0 Å². The van der Waals surface area contributed by atoms with Crippen LogP contribution < -0.4 is 10.6 Å². The maximum atomic E-state index is 14.0. The van der Waals surface area contributed by atoms with Gasteiger partial charge < -0.3 is 20.7 Å². The summed E-state index contributed by atoms with van der Waals surface area (Å²) in [5.41, 5.74) is 1.52. The number of amides is 1. The summed E-state index contributed by atoms with van der Waals surface area (Å²) >= 11 is 12.6. The van der Waals surface area contributed by atoms with E-state index in [-0.39, 0.29) is 30.5 Å². The van der Waals surface area contributed by atoms with Crippen LogP contribution in [0.1, 0.15) is 43.5 Å². The van der Waals surface area contributed by atoms with Crippen LogP contribution in [0.15, 0.2) is 36.4 Å². The summed E-state index contributed by atoms with van der Waals surface area (Å²) in [4.78, 5) is 29.4. The van der Waals surface area contributed by atoms with E-state index in [9.17, 15) is 19.1 Å². The zero-order valence-electron chi connectivity index (χ0n) is 20.3. The summed E-state index contributed by atoms with van der Waals surface area (Å²) < 4.78 is 14.0. The SMILES string of the molecule is CCC(C)C(NCCc1ccccc1F)C(=O)N[C@]1(C(=O)O)CCc2[nH]c3c(Cl)cc(Cl)cc3c2C1. The zero-order chi connectivity index (χ0) is 26.0. The highest BCUT2D eigenvalue weighted by Crippen LogP contribution is 2.38. The van der Waals surface area contributed by atoms with Crippen molar-refractivity contribution in [1.29, 1.82) is 0 Å². The van der Waals surface area contributed by atoms with Gasteiger partial charge in [0.25, 0.3) is 0 Å². The lowest BCUT2D eigenvalue weighted by Crippen LogP contribution is -2.62. The van der Waals surface area contributed by atoms with Gasteiger partial charge >= 0.3 is 5.97 Å². The Kier molecular flexibility index (Phi) is 7.93. The number of carbonyl (C=O) groups is 2. The average molecular weight is 534 g/mol. The lowest BCUT2D eigenvalue weighted by Gasteiger charge is -2.36. The molecule has 0 radical (unpaired) electrons. The number of hydrogen-bond acceptors (Lipinski definition) is 3. The molecule has 36 heavy (non-hydrogen) atoms. The molecule has 2 aromatic carbocycles. The number of H-pyrrole nitrogens is 1. The van der Waals surface area contributed by atoms with Gasteiger partial charge in [-0.25, -0.2) is 9.18 Å². The highest BCUT2D eigenvalue weighted by atomic mass is 35.5. The van der Waals surface area contributed by atoms with E-state index in [0.29, 0.717) is 46.9 Å². The van der Waals surface area contributed by atoms with E-state index in [0.717, 1.165) is 16.6 Å². The van der Waals surface area contributed by atoms with Crippen molar-refractivity contribution in [3.63, 3.8) is 0 Å². The first kappa shape index (κ1) is 26.5. The fraction of sp³-hybridized carbons (Fsp3) is 0.407. The summed E-state index contributed by atoms with van der Waals surface area (Å²) in [5.74, 6) is -1.80. The molecule has 3 atom stereocenters. The number of halogens is 3. The van der Waals surface area contributed by atoms with Gasteiger partial charge in [0, 0.05) is 29.1 Å². The molecule has 0 fully saturated rings. The van der Waals surface area contributed by atoms with Gasteiger partial charge in [0.15, 0.2) is 0 Å². The van der Waals surface area contributed by atoms with Gasteiger partial charge in [0.2, 0.25) is 5.91 Å². The molecule has 0 bridgehead atoms. The topological polar surface area (TPSA) is 94.2 Å². The van der Waals surface area contributed by atoms with Gasteiger partial charge in [0.1, 0.15) is 11.4 Å². The number of aryl methyl sites for hydroxylation is 1. The lowest BCUT2D eigenvalue weighted by atomic mass is 9.79. The van der Waals surface area contributed by atoms with Crippen molar-refractivity contribution in [2.45, 2.75) is 57.5 Å². The number of aromatic nitrogens is 1. The molecule has 0 saturated carbocycles. The molecule has 4 N–H and O–H groups in total. The van der Waals surface area contributed by atoms with Gasteiger partial charge in [-0.3, -0.25) is 4.79 Å². The maximum absolute atomic E-state index is 14.0. The first-order valence-corrected chi connectivity index (χ1v) is 12.9. The third-order valence-corrected chi connectivity index (χ3v) is 7.80. The Labute approximate surface area is 219 Å². The molecule has 1 aliphatic carbocycles. The van der Waals surface area contributed by atoms with E-state index in [1.165, 1.54) is 6.07 Å². The molecular formula is C27H30Cl2FN3O3. The van der Waals surface area contributed by atoms with E-state index in [2.05, 4.69) is 15.6 Å². The summed E-state index contributed by atoms with van der Waals surface area (Å²) in [7, 11) is 0. The smallest absolute Gasteiger partial charge is 0.329 e. The number of rotatable bonds is 9. The Balaban J connectivity index is 1.55. The number of carbonyl (C=O) groups excluding carboxylic acids is 1. The number of aromatic amines is 1. The van der Waals surface area contributed by atoms with Crippen LogP contribution in [0.3, 0.4) is 0 Å². The number of hydrogen-bond donors (Lipinski definition) is 4. The van der Waals surface area contributed by atoms with Crippen LogP contribution in [0.4, 0.5) is 4.39 Å².